The van der Waals surface area contributed by atoms with Crippen molar-refractivity contribution in [1.82, 2.24) is 9.55 Å². The highest BCUT2D eigenvalue weighted by Gasteiger charge is 2.16. The number of aromatic hydroxyl groups is 1. The number of aryl methyl sites for hydroxylation is 1. The maximum Gasteiger partial charge on any atom is 0.341 e. The van der Waals surface area contributed by atoms with Crippen LogP contribution in [0.5, 0.6) is 5.75 Å². The van der Waals surface area contributed by atoms with E-state index in [1.54, 1.807) is 17.7 Å². The van der Waals surface area contributed by atoms with Gasteiger partial charge >= 0.3 is 5.97 Å². The van der Waals surface area contributed by atoms with Crippen molar-refractivity contribution in [2.24, 2.45) is 7.05 Å². The number of rotatable bonds is 1. The minimum absolute atomic E-state index is 0.109. The molecular formula is C9H8N2O3. The van der Waals surface area contributed by atoms with Gasteiger partial charge in [0.1, 0.15) is 11.3 Å². The van der Waals surface area contributed by atoms with Gasteiger partial charge in [0.2, 0.25) is 0 Å². The van der Waals surface area contributed by atoms with Gasteiger partial charge in [-0.1, -0.05) is 0 Å². The Morgan fingerprint density at radius 2 is 2.21 bits per heavy atom. The molecule has 0 aliphatic carbocycles. The van der Waals surface area contributed by atoms with E-state index < -0.39 is 5.97 Å². The molecule has 0 saturated carbocycles. The lowest BCUT2D eigenvalue weighted by Gasteiger charge is -2.02. The molecule has 5 nitrogen and oxygen atoms in total. The fourth-order valence-electron chi connectivity index (χ4n) is 1.45. The molecule has 1 aromatic carbocycles. The summed E-state index contributed by atoms with van der Waals surface area (Å²) in [6, 6.07) is 2.91. The number of nitrogens with zero attached hydrogens (tertiary/aromatic N) is 2. The molecule has 2 aromatic rings. The maximum atomic E-state index is 10.9. The number of aromatic nitrogens is 2. The molecule has 72 valence electrons. The van der Waals surface area contributed by atoms with Gasteiger partial charge in [0, 0.05) is 7.05 Å². The van der Waals surface area contributed by atoms with Gasteiger partial charge < -0.3 is 14.8 Å². The predicted molar refractivity (Wildman–Crippen MR) is 49.3 cm³/mol. The number of imidazole rings is 1. The zero-order chi connectivity index (χ0) is 10.3. The summed E-state index contributed by atoms with van der Waals surface area (Å²) in [5, 5.41) is 18.3. The molecule has 0 aliphatic rings. The summed E-state index contributed by atoms with van der Waals surface area (Å²) in [6.45, 7) is 0. The Balaban J connectivity index is 2.94. The number of fused-ring (bicyclic) bond motifs is 1. The van der Waals surface area contributed by atoms with Crippen LogP contribution in [0.1, 0.15) is 10.4 Å². The van der Waals surface area contributed by atoms with Gasteiger partial charge in [-0.25, -0.2) is 9.78 Å². The summed E-state index contributed by atoms with van der Waals surface area (Å²) in [6.07, 6.45) is 1.51. The fraction of sp³-hybridized carbons (Fsp3) is 0.111. The van der Waals surface area contributed by atoms with E-state index in [0.29, 0.717) is 11.0 Å². The Bertz CT molecular complexity index is 516. The third kappa shape index (κ3) is 1.02. The van der Waals surface area contributed by atoms with Gasteiger partial charge in [0.15, 0.2) is 0 Å². The van der Waals surface area contributed by atoms with Crippen molar-refractivity contribution in [1.29, 1.82) is 0 Å². The highest BCUT2D eigenvalue weighted by Crippen LogP contribution is 2.25. The second kappa shape index (κ2) is 2.73. The van der Waals surface area contributed by atoms with Crippen LogP contribution in [0.25, 0.3) is 11.0 Å². The summed E-state index contributed by atoms with van der Waals surface area (Å²) in [5.74, 6) is -1.40. The summed E-state index contributed by atoms with van der Waals surface area (Å²) in [5.41, 5.74) is 0.878. The van der Waals surface area contributed by atoms with Gasteiger partial charge in [0.05, 0.1) is 17.4 Å². The van der Waals surface area contributed by atoms with Crippen LogP contribution in [0.3, 0.4) is 0 Å². The van der Waals surface area contributed by atoms with Crippen LogP contribution in [0.15, 0.2) is 18.5 Å². The van der Waals surface area contributed by atoms with Crippen LogP contribution >= 0.6 is 0 Å². The SMILES string of the molecule is Cn1cnc2ccc(O)c(C(=O)O)c21. The van der Waals surface area contributed by atoms with E-state index in [-0.39, 0.29) is 11.3 Å². The van der Waals surface area contributed by atoms with Crippen molar-refractivity contribution >= 4 is 17.0 Å². The highest BCUT2D eigenvalue weighted by molar-refractivity contribution is 6.03. The first-order valence-corrected chi connectivity index (χ1v) is 3.97. The second-order valence-electron chi connectivity index (χ2n) is 2.99. The summed E-state index contributed by atoms with van der Waals surface area (Å²) < 4.78 is 1.57. The van der Waals surface area contributed by atoms with Gasteiger partial charge in [0.25, 0.3) is 0 Å². The molecule has 0 spiro atoms. The molecule has 5 heteroatoms. The molecule has 1 heterocycles. The topological polar surface area (TPSA) is 75.3 Å². The van der Waals surface area contributed by atoms with Gasteiger partial charge in [-0.2, -0.15) is 0 Å². The zero-order valence-electron chi connectivity index (χ0n) is 7.43. The first-order valence-electron chi connectivity index (χ1n) is 3.97. The third-order valence-electron chi connectivity index (χ3n) is 2.07. The summed E-state index contributed by atoms with van der Waals surface area (Å²) in [7, 11) is 1.68. The van der Waals surface area contributed by atoms with Gasteiger partial charge in [-0.3, -0.25) is 0 Å². The fourth-order valence-corrected chi connectivity index (χ4v) is 1.45. The van der Waals surface area contributed by atoms with Crippen LogP contribution in [0.4, 0.5) is 0 Å². The van der Waals surface area contributed by atoms with E-state index >= 15 is 0 Å². The zero-order valence-corrected chi connectivity index (χ0v) is 7.43. The average molecular weight is 192 g/mol. The van der Waals surface area contributed by atoms with Crippen molar-refractivity contribution in [2.75, 3.05) is 0 Å². The summed E-state index contributed by atoms with van der Waals surface area (Å²) in [4.78, 5) is 14.9. The summed E-state index contributed by atoms with van der Waals surface area (Å²) >= 11 is 0. The average Bonchev–Trinajstić information content (AvgIpc) is 2.47. The molecule has 0 saturated heterocycles. The van der Waals surface area contributed by atoms with Crippen LogP contribution in [-0.2, 0) is 7.05 Å². The molecule has 0 unspecified atom stereocenters. The van der Waals surface area contributed by atoms with E-state index in [2.05, 4.69) is 4.98 Å². The molecule has 0 atom stereocenters. The first-order chi connectivity index (χ1) is 6.61. The number of carboxylic acid groups (broad SMARTS) is 1. The highest BCUT2D eigenvalue weighted by atomic mass is 16.4. The minimum Gasteiger partial charge on any atom is -0.507 e. The quantitative estimate of drug-likeness (QED) is 0.706. The molecule has 1 aromatic heterocycles. The molecule has 0 amide bonds. The lowest BCUT2D eigenvalue weighted by Crippen LogP contribution is -2.00. The minimum atomic E-state index is -1.16. The molecule has 0 fully saturated rings. The number of benzene rings is 1. The Morgan fingerprint density at radius 3 is 2.86 bits per heavy atom. The van der Waals surface area contributed by atoms with E-state index in [4.69, 9.17) is 5.11 Å². The first kappa shape index (κ1) is 8.55. The predicted octanol–water partition coefficient (Wildman–Crippen LogP) is 0.977. The van der Waals surface area contributed by atoms with Crippen molar-refractivity contribution in [3.05, 3.63) is 24.0 Å². The third-order valence-corrected chi connectivity index (χ3v) is 2.07. The van der Waals surface area contributed by atoms with E-state index in [1.807, 2.05) is 0 Å². The lowest BCUT2D eigenvalue weighted by molar-refractivity contribution is 0.0695. The molecular weight excluding hydrogens is 184 g/mol. The van der Waals surface area contributed by atoms with Gasteiger partial charge in [-0.05, 0) is 12.1 Å². The number of carboxylic acids is 1. The second-order valence-corrected chi connectivity index (χ2v) is 2.99. The van der Waals surface area contributed by atoms with Crippen molar-refractivity contribution in [3.8, 4) is 5.75 Å². The Hall–Kier alpha value is -2.04. The van der Waals surface area contributed by atoms with Crippen LogP contribution in [0.2, 0.25) is 0 Å². The monoisotopic (exact) mass is 192 g/mol. The lowest BCUT2D eigenvalue weighted by atomic mass is 10.1. The van der Waals surface area contributed by atoms with Crippen molar-refractivity contribution < 1.29 is 15.0 Å². The number of carbonyl (C=O) groups is 1. The number of aromatic carboxylic acids is 1. The van der Waals surface area contributed by atoms with Crippen LogP contribution in [-0.4, -0.2) is 25.7 Å². The molecule has 0 radical (unpaired) electrons. The van der Waals surface area contributed by atoms with Crippen molar-refractivity contribution in [2.45, 2.75) is 0 Å². The Kier molecular flexibility index (Phi) is 1.67. The van der Waals surface area contributed by atoms with Crippen LogP contribution in [0, 0.1) is 0 Å². The molecule has 2 rings (SSSR count). The van der Waals surface area contributed by atoms with Crippen LogP contribution < -0.4 is 0 Å². The van der Waals surface area contributed by atoms with E-state index in [0.717, 1.165) is 0 Å². The Labute approximate surface area is 79.2 Å². The van der Waals surface area contributed by atoms with E-state index in [1.165, 1.54) is 12.4 Å². The molecule has 0 aliphatic heterocycles. The maximum absolute atomic E-state index is 10.9. The van der Waals surface area contributed by atoms with Crippen molar-refractivity contribution in [3.63, 3.8) is 0 Å². The largest absolute Gasteiger partial charge is 0.507 e. The molecule has 14 heavy (non-hydrogen) atoms. The normalized spacial score (nSPS) is 10.6. The number of hydrogen-bond donors (Lipinski definition) is 2. The standard InChI is InChI=1S/C9H8N2O3/c1-11-4-10-5-2-3-6(12)7(8(5)11)9(13)14/h2-4,12H,1H3,(H,13,14). The number of hydrogen-bond acceptors (Lipinski definition) is 3. The molecule has 2 N–H and O–H groups in total. The Morgan fingerprint density at radius 1 is 1.50 bits per heavy atom. The van der Waals surface area contributed by atoms with Gasteiger partial charge in [-0.15, -0.1) is 0 Å². The molecule has 0 bridgehead atoms. The number of phenols is 1. The smallest absolute Gasteiger partial charge is 0.341 e. The van der Waals surface area contributed by atoms with E-state index in [9.17, 15) is 9.90 Å².